The first-order valence-electron chi connectivity index (χ1n) is 7.41. The number of hydrogen-bond donors (Lipinski definition) is 1. The van der Waals surface area contributed by atoms with Gasteiger partial charge in [0, 0.05) is 12.5 Å². The third-order valence-electron chi connectivity index (χ3n) is 3.65. The number of nitrogens with zero attached hydrogens (tertiary/aromatic N) is 2. The smallest absolute Gasteiger partial charge is 0.337 e. The quantitative estimate of drug-likeness (QED) is 0.786. The van der Waals surface area contributed by atoms with Crippen molar-refractivity contribution in [3.8, 4) is 0 Å². The van der Waals surface area contributed by atoms with Crippen molar-refractivity contribution in [1.29, 1.82) is 0 Å². The summed E-state index contributed by atoms with van der Waals surface area (Å²) < 4.78 is 2.12. The second-order valence-electron chi connectivity index (χ2n) is 5.06. The second-order valence-corrected chi connectivity index (χ2v) is 6.46. The predicted molar refractivity (Wildman–Crippen MR) is 88.4 cm³/mol. The molecule has 0 saturated carbocycles. The minimum atomic E-state index is -0.889. The van der Waals surface area contributed by atoms with Gasteiger partial charge in [-0.05, 0) is 37.0 Å². The third-order valence-corrected chi connectivity index (χ3v) is 4.59. The fourth-order valence-corrected chi connectivity index (χ4v) is 3.42. The Balaban J connectivity index is 2.51. The molecule has 2 rings (SSSR count). The highest BCUT2D eigenvalue weighted by molar-refractivity contribution is 7.99. The van der Waals surface area contributed by atoms with Gasteiger partial charge in [-0.15, -0.1) is 0 Å². The number of thioether (sulfide) groups is 1. The summed E-state index contributed by atoms with van der Waals surface area (Å²) in [5.74, 6) is 2.26. The Labute approximate surface area is 129 Å². The lowest BCUT2D eigenvalue weighted by molar-refractivity contribution is 0.0698. The molecule has 1 N–H and O–H groups in total. The van der Waals surface area contributed by atoms with E-state index in [-0.39, 0.29) is 6.04 Å². The van der Waals surface area contributed by atoms with Crippen molar-refractivity contribution in [2.75, 3.05) is 11.5 Å². The molecule has 1 aromatic heterocycles. The van der Waals surface area contributed by atoms with Crippen molar-refractivity contribution in [3.05, 3.63) is 29.6 Å². The van der Waals surface area contributed by atoms with Crippen LogP contribution in [0.15, 0.2) is 18.2 Å². The van der Waals surface area contributed by atoms with Gasteiger partial charge < -0.3 is 9.67 Å². The molecule has 114 valence electrons. The molecule has 0 aliphatic rings. The number of rotatable bonds is 7. The molecule has 0 amide bonds. The summed E-state index contributed by atoms with van der Waals surface area (Å²) in [7, 11) is 0. The first-order valence-corrected chi connectivity index (χ1v) is 8.56. The zero-order valence-corrected chi connectivity index (χ0v) is 13.6. The van der Waals surface area contributed by atoms with Gasteiger partial charge in [-0.1, -0.05) is 19.9 Å². The van der Waals surface area contributed by atoms with Gasteiger partial charge in [0.2, 0.25) is 0 Å². The Bertz CT molecular complexity index is 636. The van der Waals surface area contributed by atoms with E-state index in [0.717, 1.165) is 41.2 Å². The minimum Gasteiger partial charge on any atom is -0.478 e. The largest absolute Gasteiger partial charge is 0.478 e. The monoisotopic (exact) mass is 306 g/mol. The molecule has 0 fully saturated rings. The zero-order chi connectivity index (χ0) is 15.4. The van der Waals surface area contributed by atoms with E-state index in [0.29, 0.717) is 5.56 Å². The molecule has 1 atom stereocenters. The number of aromatic nitrogens is 2. The Morgan fingerprint density at radius 3 is 2.81 bits per heavy atom. The van der Waals surface area contributed by atoms with E-state index >= 15 is 0 Å². The number of fused-ring (bicyclic) bond motifs is 1. The number of imidazole rings is 1. The number of benzene rings is 1. The minimum absolute atomic E-state index is 0.254. The summed E-state index contributed by atoms with van der Waals surface area (Å²) in [6.07, 6.45) is 1.82. The standard InChI is InChI=1S/C16H22N2O2S/c1-4-14-17-13-8-6-7-12(16(19)20)15(13)18(14)11(3)9-10-21-5-2/h6-8,11H,4-5,9-10H2,1-3H3,(H,19,20). The van der Waals surface area contributed by atoms with Gasteiger partial charge in [-0.2, -0.15) is 11.8 Å². The molecule has 0 aliphatic heterocycles. The van der Waals surface area contributed by atoms with E-state index in [1.807, 2.05) is 17.8 Å². The molecule has 2 aromatic rings. The fraction of sp³-hybridized carbons (Fsp3) is 0.500. The van der Waals surface area contributed by atoms with Crippen LogP contribution in [0.4, 0.5) is 0 Å². The second kappa shape index (κ2) is 6.98. The van der Waals surface area contributed by atoms with Gasteiger partial charge in [0.15, 0.2) is 0 Å². The lowest BCUT2D eigenvalue weighted by Crippen LogP contribution is -2.12. The normalized spacial score (nSPS) is 12.7. The molecular formula is C16H22N2O2S. The van der Waals surface area contributed by atoms with Crippen LogP contribution in [0.1, 0.15) is 49.4 Å². The van der Waals surface area contributed by atoms with Crippen molar-refractivity contribution in [1.82, 2.24) is 9.55 Å². The van der Waals surface area contributed by atoms with E-state index in [9.17, 15) is 9.90 Å². The molecule has 0 spiro atoms. The number of carboxylic acid groups (broad SMARTS) is 1. The topological polar surface area (TPSA) is 55.1 Å². The van der Waals surface area contributed by atoms with Crippen LogP contribution in [0, 0.1) is 0 Å². The van der Waals surface area contributed by atoms with Gasteiger partial charge in [0.25, 0.3) is 0 Å². The Morgan fingerprint density at radius 2 is 2.19 bits per heavy atom. The number of carboxylic acids is 1. The average molecular weight is 306 g/mol. The Kier molecular flexibility index (Phi) is 5.28. The van der Waals surface area contributed by atoms with Crippen LogP contribution in [0.25, 0.3) is 11.0 Å². The van der Waals surface area contributed by atoms with E-state index in [2.05, 4.69) is 30.3 Å². The van der Waals surface area contributed by atoms with Crippen LogP contribution in [0.3, 0.4) is 0 Å². The van der Waals surface area contributed by atoms with Crippen molar-refractivity contribution in [2.45, 2.75) is 39.7 Å². The Morgan fingerprint density at radius 1 is 1.43 bits per heavy atom. The molecule has 1 unspecified atom stereocenters. The number of aryl methyl sites for hydroxylation is 1. The van der Waals surface area contributed by atoms with Crippen LogP contribution < -0.4 is 0 Å². The molecule has 0 radical (unpaired) electrons. The molecule has 1 heterocycles. The van der Waals surface area contributed by atoms with Gasteiger partial charge in [0.1, 0.15) is 5.82 Å². The molecule has 1 aromatic carbocycles. The molecule has 21 heavy (non-hydrogen) atoms. The summed E-state index contributed by atoms with van der Waals surface area (Å²) in [4.78, 5) is 16.1. The van der Waals surface area contributed by atoms with Crippen molar-refractivity contribution in [2.24, 2.45) is 0 Å². The molecule has 4 nitrogen and oxygen atoms in total. The summed E-state index contributed by atoms with van der Waals surface area (Å²) >= 11 is 1.91. The van der Waals surface area contributed by atoms with Crippen LogP contribution in [0.2, 0.25) is 0 Å². The van der Waals surface area contributed by atoms with E-state index in [1.165, 1.54) is 0 Å². The lowest BCUT2D eigenvalue weighted by atomic mass is 10.1. The number of carbonyl (C=O) groups is 1. The van der Waals surface area contributed by atoms with Crippen molar-refractivity contribution in [3.63, 3.8) is 0 Å². The molecule has 0 saturated heterocycles. The number of para-hydroxylation sites is 1. The summed E-state index contributed by atoms with van der Waals surface area (Å²) in [6, 6.07) is 5.57. The van der Waals surface area contributed by atoms with Crippen LogP contribution in [-0.2, 0) is 6.42 Å². The molecule has 5 heteroatoms. The van der Waals surface area contributed by atoms with Crippen molar-refractivity contribution >= 4 is 28.8 Å². The maximum atomic E-state index is 11.5. The highest BCUT2D eigenvalue weighted by Gasteiger charge is 2.19. The zero-order valence-electron chi connectivity index (χ0n) is 12.8. The molecular weight excluding hydrogens is 284 g/mol. The van der Waals surface area contributed by atoms with Gasteiger partial charge >= 0.3 is 5.97 Å². The summed E-state index contributed by atoms with van der Waals surface area (Å²) in [6.45, 7) is 6.36. The third kappa shape index (κ3) is 3.23. The van der Waals surface area contributed by atoms with Gasteiger partial charge in [-0.25, -0.2) is 9.78 Å². The lowest BCUT2D eigenvalue weighted by Gasteiger charge is -2.18. The van der Waals surface area contributed by atoms with Gasteiger partial charge in [0.05, 0.1) is 16.6 Å². The average Bonchev–Trinajstić information content (AvgIpc) is 2.85. The van der Waals surface area contributed by atoms with Crippen molar-refractivity contribution < 1.29 is 9.90 Å². The molecule has 0 aliphatic carbocycles. The number of aromatic carboxylic acids is 1. The van der Waals surface area contributed by atoms with Crippen LogP contribution in [0.5, 0.6) is 0 Å². The SMILES string of the molecule is CCSCCC(C)n1c(CC)nc2cccc(C(=O)O)c21. The fourth-order valence-electron chi connectivity index (χ4n) is 2.62. The maximum absolute atomic E-state index is 11.5. The summed E-state index contributed by atoms with van der Waals surface area (Å²) in [5, 5.41) is 9.44. The van der Waals surface area contributed by atoms with E-state index in [1.54, 1.807) is 12.1 Å². The first-order chi connectivity index (χ1) is 10.1. The summed E-state index contributed by atoms with van der Waals surface area (Å²) in [5.41, 5.74) is 1.88. The molecule has 0 bridgehead atoms. The number of hydrogen-bond acceptors (Lipinski definition) is 3. The Hall–Kier alpha value is -1.49. The van der Waals surface area contributed by atoms with Crippen LogP contribution in [-0.4, -0.2) is 32.1 Å². The van der Waals surface area contributed by atoms with Crippen LogP contribution >= 0.6 is 11.8 Å². The highest BCUT2D eigenvalue weighted by Crippen LogP contribution is 2.27. The maximum Gasteiger partial charge on any atom is 0.337 e. The van der Waals surface area contributed by atoms with E-state index < -0.39 is 5.97 Å². The van der Waals surface area contributed by atoms with E-state index in [4.69, 9.17) is 0 Å². The first kappa shape index (κ1) is 15.9. The predicted octanol–water partition coefficient (Wildman–Crippen LogP) is 4.00. The highest BCUT2D eigenvalue weighted by atomic mass is 32.2. The van der Waals surface area contributed by atoms with Gasteiger partial charge in [-0.3, -0.25) is 0 Å².